The molecule has 2 heteroatoms. The minimum absolute atomic E-state index is 0.742. The minimum atomic E-state index is -0.742. The minimum Gasteiger partial charge on any atom is -0.255 e. The Labute approximate surface area is 57.9 Å². The Morgan fingerprint density at radius 3 is 2.78 bits per heavy atom. The molecule has 1 rings (SSSR count). The van der Waals surface area contributed by atoms with Crippen molar-refractivity contribution in [2.24, 2.45) is 0 Å². The van der Waals surface area contributed by atoms with Gasteiger partial charge in [-0.1, -0.05) is 18.2 Å². The first-order chi connectivity index (χ1) is 4.30. The van der Waals surface area contributed by atoms with Crippen LogP contribution < -0.4 is 0 Å². The molecule has 0 aromatic heterocycles. The van der Waals surface area contributed by atoms with Crippen molar-refractivity contribution in [3.8, 4) is 0 Å². The summed E-state index contributed by atoms with van der Waals surface area (Å²) in [7, 11) is -0.742. The summed E-state index contributed by atoms with van der Waals surface area (Å²) in [6, 6.07) is 0. The lowest BCUT2D eigenvalue weighted by atomic mass is 10.2. The van der Waals surface area contributed by atoms with Gasteiger partial charge in [0.2, 0.25) is 0 Å². The highest BCUT2D eigenvalue weighted by molar-refractivity contribution is 7.88. The summed E-state index contributed by atoms with van der Waals surface area (Å²) in [5.41, 5.74) is 0. The summed E-state index contributed by atoms with van der Waals surface area (Å²) >= 11 is 0. The Balaban J connectivity index is 2.68. The van der Waals surface area contributed by atoms with E-state index in [1.807, 2.05) is 12.2 Å². The van der Waals surface area contributed by atoms with Crippen molar-refractivity contribution in [1.82, 2.24) is 0 Å². The first-order valence-electron chi connectivity index (χ1n) is 3.00. The lowest BCUT2D eigenvalue weighted by molar-refractivity contribution is 0.688. The molecule has 0 aromatic carbocycles. The normalized spacial score (nSPS) is 21.2. The van der Waals surface area contributed by atoms with Crippen molar-refractivity contribution >= 4 is 10.8 Å². The molecule has 0 amide bonds. The molecule has 0 bridgehead atoms. The zero-order valence-electron chi connectivity index (χ0n) is 5.46. The molecule has 50 valence electrons. The predicted molar refractivity (Wildman–Crippen MR) is 40.5 cm³/mol. The van der Waals surface area contributed by atoms with E-state index in [0.29, 0.717) is 0 Å². The summed E-state index contributed by atoms with van der Waals surface area (Å²) in [4.78, 5) is 1.07. The van der Waals surface area contributed by atoms with Crippen molar-refractivity contribution < 1.29 is 4.21 Å². The third-order valence-corrected chi connectivity index (χ3v) is 2.42. The Morgan fingerprint density at radius 1 is 1.67 bits per heavy atom. The van der Waals surface area contributed by atoms with Crippen LogP contribution in [0.4, 0.5) is 0 Å². The van der Waals surface area contributed by atoms with Crippen molar-refractivity contribution in [3.05, 3.63) is 23.1 Å². The fourth-order valence-electron chi connectivity index (χ4n) is 0.820. The van der Waals surface area contributed by atoms with Crippen LogP contribution in [-0.2, 0) is 10.8 Å². The van der Waals surface area contributed by atoms with Crippen molar-refractivity contribution in [2.75, 3.05) is 6.26 Å². The first-order valence-corrected chi connectivity index (χ1v) is 4.55. The van der Waals surface area contributed by atoms with Gasteiger partial charge in [-0.2, -0.15) is 0 Å². The van der Waals surface area contributed by atoms with Crippen LogP contribution in [0, 0.1) is 0 Å². The summed E-state index contributed by atoms with van der Waals surface area (Å²) in [5, 5.41) is 0. The number of allylic oxidation sites excluding steroid dienone is 4. The summed E-state index contributed by atoms with van der Waals surface area (Å²) in [5.74, 6) is 0. The van der Waals surface area contributed by atoms with Gasteiger partial charge in [-0.15, -0.1) is 0 Å². The van der Waals surface area contributed by atoms with E-state index in [0.717, 1.165) is 17.7 Å². The Kier molecular flexibility index (Phi) is 2.22. The molecule has 1 aliphatic rings. The zero-order valence-corrected chi connectivity index (χ0v) is 6.28. The molecule has 0 spiro atoms. The van der Waals surface area contributed by atoms with Crippen LogP contribution in [0.1, 0.15) is 12.8 Å². The molecular weight excluding hydrogens is 132 g/mol. The number of rotatable bonds is 1. The predicted octanol–water partition coefficient (Wildman–Crippen LogP) is 1.60. The van der Waals surface area contributed by atoms with Gasteiger partial charge in [-0.25, -0.2) is 0 Å². The molecule has 1 nitrogen and oxygen atoms in total. The molecule has 0 heterocycles. The quantitative estimate of drug-likeness (QED) is 0.543. The van der Waals surface area contributed by atoms with Crippen LogP contribution in [0.25, 0.3) is 0 Å². The number of hydrogen-bond acceptors (Lipinski definition) is 1. The van der Waals surface area contributed by atoms with E-state index in [9.17, 15) is 4.21 Å². The number of hydrogen-bond donors (Lipinski definition) is 0. The van der Waals surface area contributed by atoms with Gasteiger partial charge in [0, 0.05) is 22.0 Å². The Bertz CT molecular complexity index is 179. The lowest BCUT2D eigenvalue weighted by Gasteiger charge is -2.03. The van der Waals surface area contributed by atoms with E-state index < -0.39 is 10.8 Å². The maximum absolute atomic E-state index is 10.8. The fraction of sp³-hybridized carbons (Fsp3) is 0.429. The third-order valence-electron chi connectivity index (χ3n) is 1.34. The molecule has 1 atom stereocenters. The van der Waals surface area contributed by atoms with E-state index in [-0.39, 0.29) is 0 Å². The average molecular weight is 142 g/mol. The van der Waals surface area contributed by atoms with Gasteiger partial charge in [0.05, 0.1) is 0 Å². The second-order valence-corrected chi connectivity index (χ2v) is 3.49. The molecule has 0 saturated heterocycles. The first kappa shape index (κ1) is 6.75. The van der Waals surface area contributed by atoms with Crippen LogP contribution >= 0.6 is 0 Å². The van der Waals surface area contributed by atoms with Gasteiger partial charge < -0.3 is 0 Å². The van der Waals surface area contributed by atoms with Gasteiger partial charge in [0.25, 0.3) is 0 Å². The van der Waals surface area contributed by atoms with Crippen LogP contribution in [0.5, 0.6) is 0 Å². The van der Waals surface area contributed by atoms with E-state index in [1.165, 1.54) is 0 Å². The lowest BCUT2D eigenvalue weighted by Crippen LogP contribution is -1.93. The molecule has 1 aliphatic carbocycles. The molecule has 0 saturated carbocycles. The highest BCUT2D eigenvalue weighted by atomic mass is 32.2. The summed E-state index contributed by atoms with van der Waals surface area (Å²) in [6.45, 7) is 0. The van der Waals surface area contributed by atoms with E-state index >= 15 is 0 Å². The maximum atomic E-state index is 10.8. The van der Waals surface area contributed by atoms with Crippen LogP contribution in [0.15, 0.2) is 23.1 Å². The van der Waals surface area contributed by atoms with Gasteiger partial charge in [-0.05, 0) is 12.8 Å². The second-order valence-electron chi connectivity index (χ2n) is 2.05. The topological polar surface area (TPSA) is 17.1 Å². The molecule has 1 unspecified atom stereocenters. The monoisotopic (exact) mass is 142 g/mol. The maximum Gasteiger partial charge on any atom is 0.0456 e. The molecule has 0 N–H and O–H groups in total. The highest BCUT2D eigenvalue weighted by Crippen LogP contribution is 2.13. The van der Waals surface area contributed by atoms with Crippen molar-refractivity contribution in [1.29, 1.82) is 0 Å². The zero-order chi connectivity index (χ0) is 6.69. The molecule has 0 radical (unpaired) electrons. The standard InChI is InChI=1S/C7H10OS/c1-9(8)7-5-3-2-4-6-7/h2-3,5H,4,6H2,1H3. The van der Waals surface area contributed by atoms with Crippen LogP contribution in [0.2, 0.25) is 0 Å². The third kappa shape index (κ3) is 1.79. The molecular formula is C7H10OS. The van der Waals surface area contributed by atoms with E-state index in [2.05, 4.69) is 6.08 Å². The van der Waals surface area contributed by atoms with Crippen molar-refractivity contribution in [2.45, 2.75) is 12.8 Å². The summed E-state index contributed by atoms with van der Waals surface area (Å²) < 4.78 is 10.8. The van der Waals surface area contributed by atoms with Gasteiger partial charge in [0.15, 0.2) is 0 Å². The van der Waals surface area contributed by atoms with Gasteiger partial charge in [-0.3, -0.25) is 4.21 Å². The second kappa shape index (κ2) is 2.97. The smallest absolute Gasteiger partial charge is 0.0456 e. The van der Waals surface area contributed by atoms with E-state index in [4.69, 9.17) is 0 Å². The largest absolute Gasteiger partial charge is 0.255 e. The molecule has 0 aromatic rings. The van der Waals surface area contributed by atoms with Crippen LogP contribution in [-0.4, -0.2) is 10.5 Å². The summed E-state index contributed by atoms with van der Waals surface area (Å²) in [6.07, 6.45) is 9.76. The van der Waals surface area contributed by atoms with Crippen LogP contribution in [0.3, 0.4) is 0 Å². The van der Waals surface area contributed by atoms with Crippen molar-refractivity contribution in [3.63, 3.8) is 0 Å². The van der Waals surface area contributed by atoms with E-state index in [1.54, 1.807) is 6.26 Å². The molecule has 0 fully saturated rings. The average Bonchev–Trinajstić information content (AvgIpc) is 1.90. The Hall–Kier alpha value is -0.370. The highest BCUT2D eigenvalue weighted by Gasteiger charge is 2.01. The van der Waals surface area contributed by atoms with Gasteiger partial charge in [0.1, 0.15) is 0 Å². The molecule has 9 heavy (non-hydrogen) atoms. The molecule has 0 aliphatic heterocycles. The fourth-order valence-corrected chi connectivity index (χ4v) is 1.50. The van der Waals surface area contributed by atoms with Gasteiger partial charge >= 0.3 is 0 Å². The Morgan fingerprint density at radius 2 is 2.44 bits per heavy atom. The SMILES string of the molecule is CS(=O)C1=CC=CCC1.